The Labute approximate surface area is 188 Å². The summed E-state index contributed by atoms with van der Waals surface area (Å²) in [5.41, 5.74) is 0.844. The summed E-state index contributed by atoms with van der Waals surface area (Å²) in [4.78, 5) is 51.1. The molecule has 0 bridgehead atoms. The van der Waals surface area contributed by atoms with Crippen LogP contribution in [0.1, 0.15) is 61.3 Å². The molecule has 7 heteroatoms. The monoisotopic (exact) mass is 444 g/mol. The van der Waals surface area contributed by atoms with E-state index in [4.69, 9.17) is 14.2 Å². The highest BCUT2D eigenvalue weighted by atomic mass is 16.6. The van der Waals surface area contributed by atoms with Gasteiger partial charge in [-0.25, -0.2) is 9.59 Å². The molecule has 3 rings (SSSR count). The van der Waals surface area contributed by atoms with Gasteiger partial charge in [-0.1, -0.05) is 31.1 Å². The number of fused-ring (bicyclic) bond motifs is 3. The van der Waals surface area contributed by atoms with E-state index in [2.05, 4.69) is 0 Å². The Hall–Kier alpha value is -2.70. The largest absolute Gasteiger partial charge is 0.461 e. The molecule has 0 aromatic heterocycles. The summed E-state index contributed by atoms with van der Waals surface area (Å²) in [5, 5.41) is 0. The van der Waals surface area contributed by atoms with Crippen molar-refractivity contribution in [1.82, 2.24) is 0 Å². The third kappa shape index (κ3) is 4.05. The lowest BCUT2D eigenvalue weighted by Gasteiger charge is -2.34. The SMILES string of the molecule is C/C=C(/C)C(=O)O[C@]1(C)C(=O)O[C@H]2[C@@H]3C(C)=CC(=O)C3=C(C)C[C@H](OC(=O)CC(C)C)[C@H]21. The van der Waals surface area contributed by atoms with E-state index in [9.17, 15) is 19.2 Å². The van der Waals surface area contributed by atoms with Crippen molar-refractivity contribution in [2.24, 2.45) is 17.8 Å². The lowest BCUT2D eigenvalue weighted by atomic mass is 9.77. The lowest BCUT2D eigenvalue weighted by Crippen LogP contribution is -2.50. The van der Waals surface area contributed by atoms with Crippen LogP contribution in [-0.4, -0.2) is 41.5 Å². The van der Waals surface area contributed by atoms with Crippen molar-refractivity contribution in [3.8, 4) is 0 Å². The summed E-state index contributed by atoms with van der Waals surface area (Å²) in [7, 11) is 0. The Balaban J connectivity index is 2.08. The van der Waals surface area contributed by atoms with Gasteiger partial charge in [0.15, 0.2) is 5.78 Å². The van der Waals surface area contributed by atoms with Crippen LogP contribution in [0.4, 0.5) is 0 Å². The Bertz CT molecular complexity index is 951. The Morgan fingerprint density at radius 1 is 1.28 bits per heavy atom. The third-order valence-electron chi connectivity index (χ3n) is 6.68. The Morgan fingerprint density at radius 2 is 1.94 bits per heavy atom. The quantitative estimate of drug-likeness (QED) is 0.363. The predicted octanol–water partition coefficient (Wildman–Crippen LogP) is 3.62. The first-order chi connectivity index (χ1) is 14.9. The van der Waals surface area contributed by atoms with Gasteiger partial charge in [-0.05, 0) is 46.6 Å². The van der Waals surface area contributed by atoms with E-state index in [-0.39, 0.29) is 24.5 Å². The maximum Gasteiger partial charge on any atom is 0.351 e. The standard InChI is InChI=1S/C25H32O7/c1-8-13(4)23(28)32-25(7)21-17(30-18(27)9-12(2)3)11-15(6)19-16(26)10-14(5)20(19)22(21)31-24(25)29/h8,10,12,17,20-22H,9,11H2,1-7H3/b13-8-/t17-,20+,21+,22-,25-/m0/s1. The molecule has 174 valence electrons. The fourth-order valence-corrected chi connectivity index (χ4v) is 4.96. The van der Waals surface area contributed by atoms with Gasteiger partial charge in [-0.15, -0.1) is 0 Å². The second-order valence-electron chi connectivity index (χ2n) is 9.62. The number of esters is 3. The minimum atomic E-state index is -1.66. The van der Waals surface area contributed by atoms with Crippen LogP contribution >= 0.6 is 0 Å². The maximum atomic E-state index is 13.1. The van der Waals surface area contributed by atoms with Crippen molar-refractivity contribution in [3.63, 3.8) is 0 Å². The number of rotatable bonds is 5. The van der Waals surface area contributed by atoms with Crippen molar-refractivity contribution in [3.05, 3.63) is 34.4 Å². The summed E-state index contributed by atoms with van der Waals surface area (Å²) in [6, 6.07) is 0. The second kappa shape index (κ2) is 8.68. The van der Waals surface area contributed by atoms with Crippen molar-refractivity contribution in [1.29, 1.82) is 0 Å². The molecular weight excluding hydrogens is 412 g/mol. The highest BCUT2D eigenvalue weighted by Crippen LogP contribution is 2.51. The third-order valence-corrected chi connectivity index (χ3v) is 6.68. The molecule has 0 saturated carbocycles. The van der Waals surface area contributed by atoms with Gasteiger partial charge in [0.1, 0.15) is 12.2 Å². The zero-order valence-corrected chi connectivity index (χ0v) is 19.8. The van der Waals surface area contributed by atoms with Gasteiger partial charge in [0.2, 0.25) is 5.60 Å². The number of ether oxygens (including phenoxy) is 3. The van der Waals surface area contributed by atoms with Crippen LogP contribution in [0.3, 0.4) is 0 Å². The molecule has 3 aliphatic rings. The molecule has 1 saturated heterocycles. The number of ketones is 1. The zero-order valence-electron chi connectivity index (χ0n) is 19.8. The summed E-state index contributed by atoms with van der Waals surface area (Å²) in [5.74, 6) is -2.96. The number of carbonyl (C=O) groups is 4. The molecule has 1 aliphatic heterocycles. The lowest BCUT2D eigenvalue weighted by molar-refractivity contribution is -0.176. The minimum Gasteiger partial charge on any atom is -0.461 e. The summed E-state index contributed by atoms with van der Waals surface area (Å²) < 4.78 is 17.4. The molecule has 0 radical (unpaired) electrons. The maximum absolute atomic E-state index is 13.1. The van der Waals surface area contributed by atoms with Gasteiger partial charge >= 0.3 is 17.9 Å². The van der Waals surface area contributed by atoms with Gasteiger partial charge in [0.05, 0.1) is 5.92 Å². The van der Waals surface area contributed by atoms with E-state index >= 15 is 0 Å². The summed E-state index contributed by atoms with van der Waals surface area (Å²) in [6.07, 6.45) is 2.08. The van der Waals surface area contributed by atoms with Crippen LogP contribution in [0.2, 0.25) is 0 Å². The van der Waals surface area contributed by atoms with Gasteiger partial charge in [0, 0.05) is 29.9 Å². The first kappa shape index (κ1) is 24.0. The number of allylic oxidation sites excluding steroid dienone is 2. The number of hydrogen-bond donors (Lipinski definition) is 0. The number of hydrogen-bond acceptors (Lipinski definition) is 7. The van der Waals surface area contributed by atoms with Crippen LogP contribution in [0.15, 0.2) is 34.4 Å². The van der Waals surface area contributed by atoms with E-state index in [0.717, 1.165) is 11.1 Å². The molecule has 7 nitrogen and oxygen atoms in total. The van der Waals surface area contributed by atoms with E-state index in [0.29, 0.717) is 11.1 Å². The van der Waals surface area contributed by atoms with Crippen LogP contribution < -0.4 is 0 Å². The molecule has 0 aromatic rings. The van der Waals surface area contributed by atoms with Crippen LogP contribution in [0.5, 0.6) is 0 Å². The predicted molar refractivity (Wildman–Crippen MR) is 116 cm³/mol. The molecular formula is C25H32O7. The fraction of sp³-hybridized carbons (Fsp3) is 0.600. The Morgan fingerprint density at radius 3 is 2.53 bits per heavy atom. The highest BCUT2D eigenvalue weighted by Gasteiger charge is 2.65. The van der Waals surface area contributed by atoms with Crippen LogP contribution in [-0.2, 0) is 33.4 Å². The smallest absolute Gasteiger partial charge is 0.351 e. The molecule has 2 aliphatic carbocycles. The minimum absolute atomic E-state index is 0.0951. The van der Waals surface area contributed by atoms with Crippen molar-refractivity contribution in [2.45, 2.75) is 79.1 Å². The van der Waals surface area contributed by atoms with Gasteiger partial charge in [-0.2, -0.15) is 0 Å². The van der Waals surface area contributed by atoms with E-state index < -0.39 is 47.6 Å². The van der Waals surface area contributed by atoms with Crippen molar-refractivity contribution < 1.29 is 33.4 Å². The van der Waals surface area contributed by atoms with E-state index in [1.807, 2.05) is 27.7 Å². The van der Waals surface area contributed by atoms with Crippen LogP contribution in [0, 0.1) is 17.8 Å². The zero-order chi connectivity index (χ0) is 24.0. The molecule has 0 amide bonds. The summed E-state index contributed by atoms with van der Waals surface area (Å²) in [6.45, 7) is 12.3. The Kier molecular flexibility index (Phi) is 6.50. The van der Waals surface area contributed by atoms with E-state index in [1.54, 1.807) is 26.0 Å². The molecule has 1 fully saturated rings. The van der Waals surface area contributed by atoms with Gasteiger partial charge < -0.3 is 14.2 Å². The molecule has 5 atom stereocenters. The molecule has 32 heavy (non-hydrogen) atoms. The fourth-order valence-electron chi connectivity index (χ4n) is 4.96. The molecule has 1 heterocycles. The average molecular weight is 445 g/mol. The first-order valence-electron chi connectivity index (χ1n) is 11.1. The van der Waals surface area contributed by atoms with Crippen molar-refractivity contribution in [2.75, 3.05) is 0 Å². The molecule has 0 unspecified atom stereocenters. The normalized spacial score (nSPS) is 32.2. The summed E-state index contributed by atoms with van der Waals surface area (Å²) >= 11 is 0. The van der Waals surface area contributed by atoms with Crippen molar-refractivity contribution >= 4 is 23.7 Å². The van der Waals surface area contributed by atoms with E-state index in [1.165, 1.54) is 6.92 Å². The average Bonchev–Trinajstić information content (AvgIpc) is 3.06. The van der Waals surface area contributed by atoms with Gasteiger partial charge in [-0.3, -0.25) is 9.59 Å². The number of carbonyl (C=O) groups excluding carboxylic acids is 4. The second-order valence-corrected chi connectivity index (χ2v) is 9.62. The topological polar surface area (TPSA) is 96.0 Å². The molecule has 0 spiro atoms. The highest BCUT2D eigenvalue weighted by molar-refractivity contribution is 6.09. The molecule has 0 aromatic carbocycles. The van der Waals surface area contributed by atoms with Gasteiger partial charge in [0.25, 0.3) is 0 Å². The molecule has 0 N–H and O–H groups in total. The first-order valence-corrected chi connectivity index (χ1v) is 11.1. The van der Waals surface area contributed by atoms with Crippen LogP contribution in [0.25, 0.3) is 0 Å².